The van der Waals surface area contributed by atoms with Crippen LogP contribution >= 0.6 is 0 Å². The Morgan fingerprint density at radius 1 is 1.16 bits per heavy atom. The summed E-state index contributed by atoms with van der Waals surface area (Å²) in [6.07, 6.45) is 3.50. The molecule has 1 saturated carbocycles. The van der Waals surface area contributed by atoms with Gasteiger partial charge in [-0.1, -0.05) is 52.5 Å². The van der Waals surface area contributed by atoms with Crippen LogP contribution in [0.25, 0.3) is 0 Å². The van der Waals surface area contributed by atoms with Gasteiger partial charge >= 0.3 is 17.9 Å². The Balaban J connectivity index is 2.21. The minimum atomic E-state index is -1.09. The molecular weight excluding hydrogens is 488 g/mol. The average Bonchev–Trinajstić information content (AvgIpc) is 3.10. The Kier molecular flexibility index (Phi) is 9.30. The maximum absolute atomic E-state index is 12.8. The van der Waals surface area contributed by atoms with Gasteiger partial charge in [0, 0.05) is 33.0 Å². The molecule has 3 aliphatic rings. The first-order chi connectivity index (χ1) is 17.8. The summed E-state index contributed by atoms with van der Waals surface area (Å²) in [5, 5.41) is 0. The van der Waals surface area contributed by atoms with E-state index in [4.69, 9.17) is 23.7 Å². The molecular formula is C30H44O8. The van der Waals surface area contributed by atoms with E-state index >= 15 is 0 Å². The Bertz CT molecular complexity index is 983. The fourth-order valence-corrected chi connectivity index (χ4v) is 6.82. The second-order valence-corrected chi connectivity index (χ2v) is 11.7. The summed E-state index contributed by atoms with van der Waals surface area (Å²) in [7, 11) is 1.64. The highest BCUT2D eigenvalue weighted by Gasteiger charge is 2.71. The van der Waals surface area contributed by atoms with Gasteiger partial charge in [0.15, 0.2) is 0 Å². The molecule has 8 heteroatoms. The fourth-order valence-electron chi connectivity index (χ4n) is 6.82. The van der Waals surface area contributed by atoms with Crippen molar-refractivity contribution in [1.82, 2.24) is 0 Å². The summed E-state index contributed by atoms with van der Waals surface area (Å²) in [5.74, 6) is -1.17. The Morgan fingerprint density at radius 3 is 2.37 bits per heavy atom. The van der Waals surface area contributed by atoms with Gasteiger partial charge in [0.2, 0.25) is 12.6 Å². The first-order valence-electron chi connectivity index (χ1n) is 13.5. The van der Waals surface area contributed by atoms with Gasteiger partial charge in [0.25, 0.3) is 0 Å². The van der Waals surface area contributed by atoms with Crippen LogP contribution in [0.1, 0.15) is 73.6 Å². The lowest BCUT2D eigenvalue weighted by Crippen LogP contribution is -2.63. The second-order valence-electron chi connectivity index (χ2n) is 11.7. The quantitative estimate of drug-likeness (QED) is 0.162. The summed E-state index contributed by atoms with van der Waals surface area (Å²) in [6, 6.07) is 0. The predicted octanol–water partition coefficient (Wildman–Crippen LogP) is 5.27. The Hall–Kier alpha value is -2.45. The van der Waals surface area contributed by atoms with Crippen molar-refractivity contribution in [3.63, 3.8) is 0 Å². The van der Waals surface area contributed by atoms with E-state index in [9.17, 15) is 14.4 Å². The van der Waals surface area contributed by atoms with Crippen LogP contribution in [0, 0.1) is 28.6 Å². The lowest BCUT2D eigenvalue weighted by Gasteiger charge is -2.61. The highest BCUT2D eigenvalue weighted by Crippen LogP contribution is 2.68. The van der Waals surface area contributed by atoms with Gasteiger partial charge in [-0.25, -0.2) is 0 Å². The second kappa shape index (κ2) is 11.7. The zero-order chi connectivity index (χ0) is 28.4. The van der Waals surface area contributed by atoms with Crippen LogP contribution in [0.4, 0.5) is 0 Å². The molecule has 1 aliphatic heterocycles. The van der Waals surface area contributed by atoms with Crippen LogP contribution in [-0.2, 0) is 38.1 Å². The molecule has 3 rings (SSSR count). The zero-order valence-corrected chi connectivity index (χ0v) is 23.9. The monoisotopic (exact) mass is 532 g/mol. The highest BCUT2D eigenvalue weighted by molar-refractivity contribution is 5.70. The number of methoxy groups -OCH3 is 1. The van der Waals surface area contributed by atoms with Crippen molar-refractivity contribution in [3.8, 4) is 0 Å². The van der Waals surface area contributed by atoms with Crippen molar-refractivity contribution in [3.05, 3.63) is 36.5 Å². The molecule has 8 atom stereocenters. The molecule has 0 radical (unpaired) electrons. The maximum Gasteiger partial charge on any atom is 0.306 e. The molecule has 0 unspecified atom stereocenters. The summed E-state index contributed by atoms with van der Waals surface area (Å²) in [5.41, 5.74) is 0.323. The van der Waals surface area contributed by atoms with Crippen LogP contribution in [0.15, 0.2) is 36.5 Å². The minimum Gasteiger partial charge on any atom is -0.458 e. The van der Waals surface area contributed by atoms with E-state index in [-0.39, 0.29) is 35.2 Å². The van der Waals surface area contributed by atoms with Gasteiger partial charge in [-0.2, -0.15) is 0 Å². The topological polar surface area (TPSA) is 97.4 Å². The summed E-state index contributed by atoms with van der Waals surface area (Å²) in [6.45, 7) is 19.0. The summed E-state index contributed by atoms with van der Waals surface area (Å²) < 4.78 is 29.7. The van der Waals surface area contributed by atoms with Gasteiger partial charge in [-0.3, -0.25) is 19.1 Å². The van der Waals surface area contributed by atoms with Crippen molar-refractivity contribution >= 4 is 17.9 Å². The summed E-state index contributed by atoms with van der Waals surface area (Å²) in [4.78, 5) is 37.2. The molecule has 38 heavy (non-hydrogen) atoms. The lowest BCUT2D eigenvalue weighted by molar-refractivity contribution is -0.257. The van der Waals surface area contributed by atoms with Crippen molar-refractivity contribution in [1.29, 1.82) is 0 Å². The van der Waals surface area contributed by atoms with E-state index in [0.29, 0.717) is 24.8 Å². The number of hydrogen-bond acceptors (Lipinski definition) is 8. The van der Waals surface area contributed by atoms with Crippen LogP contribution < -0.4 is 0 Å². The van der Waals surface area contributed by atoms with E-state index in [2.05, 4.69) is 27.0 Å². The standard InChI is InChI=1S/C30H44O8/c1-10-18(4)11-12-29(8)19(5)14-25(34-9)30-23(27(35-20(6)31)38-28(30)36-21(7)32)15-22(16-24(29)30)37-26(33)13-17(2)3/h10,15,17,19,22,24-25,27-28H,1,4,11-14,16H2,2-3,5-9H3/t19-,22+,24+,25+,27+,28-,29-,30+/m0/s1. The Labute approximate surface area is 226 Å². The van der Waals surface area contributed by atoms with Crippen LogP contribution in [0.2, 0.25) is 0 Å². The largest absolute Gasteiger partial charge is 0.458 e. The van der Waals surface area contributed by atoms with Gasteiger partial charge in [-0.15, -0.1) is 0 Å². The van der Waals surface area contributed by atoms with E-state index in [1.807, 2.05) is 19.9 Å². The molecule has 2 fully saturated rings. The number of carbonyl (C=O) groups excluding carboxylic acids is 3. The molecule has 0 N–H and O–H groups in total. The van der Waals surface area contributed by atoms with Crippen molar-refractivity contribution in [2.75, 3.05) is 7.11 Å². The number of hydrogen-bond donors (Lipinski definition) is 0. The normalized spacial score (nSPS) is 35.9. The molecule has 0 aromatic carbocycles. The van der Waals surface area contributed by atoms with Crippen LogP contribution in [0.5, 0.6) is 0 Å². The first-order valence-corrected chi connectivity index (χ1v) is 13.5. The average molecular weight is 533 g/mol. The first kappa shape index (κ1) is 30.1. The number of esters is 3. The molecule has 1 saturated heterocycles. The Morgan fingerprint density at radius 2 is 1.82 bits per heavy atom. The van der Waals surface area contributed by atoms with E-state index in [1.54, 1.807) is 13.2 Å². The summed E-state index contributed by atoms with van der Waals surface area (Å²) >= 11 is 0. The maximum atomic E-state index is 12.8. The number of carbonyl (C=O) groups is 3. The van der Waals surface area contributed by atoms with Gasteiger partial charge in [-0.05, 0) is 54.9 Å². The molecule has 2 aliphatic carbocycles. The molecule has 212 valence electrons. The highest BCUT2D eigenvalue weighted by atomic mass is 16.8. The van der Waals surface area contributed by atoms with Gasteiger partial charge < -0.3 is 18.9 Å². The predicted molar refractivity (Wildman–Crippen MR) is 141 cm³/mol. The van der Waals surface area contributed by atoms with Crippen molar-refractivity contribution in [2.24, 2.45) is 28.6 Å². The SMILES string of the molecule is C=CC(=C)CC[C@]1(C)[C@H]2C[C@H](OC(=O)CC(C)C)C=C3[C@H](OC(C)=O)O[C@H](OC(C)=O)[C@]32[C@H](OC)C[C@@H]1C. The third-order valence-corrected chi connectivity index (χ3v) is 8.79. The van der Waals surface area contributed by atoms with Crippen LogP contribution in [-0.4, -0.2) is 49.8 Å². The molecule has 1 heterocycles. The molecule has 1 spiro atoms. The van der Waals surface area contributed by atoms with Crippen molar-refractivity contribution < 1.29 is 38.1 Å². The van der Waals surface area contributed by atoms with Gasteiger partial charge in [0.05, 0.1) is 11.5 Å². The van der Waals surface area contributed by atoms with Crippen molar-refractivity contribution in [2.45, 2.75) is 98.4 Å². The molecule has 0 aromatic heterocycles. The molecule has 0 bridgehead atoms. The number of rotatable bonds is 10. The van der Waals surface area contributed by atoms with E-state index < -0.39 is 36.0 Å². The number of ether oxygens (including phenoxy) is 5. The van der Waals surface area contributed by atoms with Crippen LogP contribution in [0.3, 0.4) is 0 Å². The van der Waals surface area contributed by atoms with E-state index in [0.717, 1.165) is 18.4 Å². The minimum absolute atomic E-state index is 0.151. The third kappa shape index (κ3) is 5.62. The molecule has 0 amide bonds. The smallest absolute Gasteiger partial charge is 0.306 e. The van der Waals surface area contributed by atoms with E-state index in [1.165, 1.54) is 13.8 Å². The third-order valence-electron chi connectivity index (χ3n) is 8.79. The molecule has 8 nitrogen and oxygen atoms in total. The lowest BCUT2D eigenvalue weighted by atomic mass is 9.45. The van der Waals surface area contributed by atoms with Gasteiger partial charge in [0.1, 0.15) is 6.10 Å². The number of allylic oxidation sites excluding steroid dienone is 2. The zero-order valence-electron chi connectivity index (χ0n) is 23.9. The fraction of sp³-hybridized carbons (Fsp3) is 0.700. The molecule has 0 aromatic rings.